The molecule has 96 valence electrons. The summed E-state index contributed by atoms with van der Waals surface area (Å²) in [5.41, 5.74) is 0.258. The number of phenols is 1. The molecule has 0 radical (unpaired) electrons. The Kier molecular flexibility index (Phi) is 4.48. The van der Waals surface area contributed by atoms with E-state index in [4.69, 9.17) is 4.74 Å². The second kappa shape index (κ2) is 5.47. The van der Waals surface area contributed by atoms with E-state index in [2.05, 4.69) is 5.32 Å². The lowest BCUT2D eigenvalue weighted by Gasteiger charge is -2.26. The number of halogens is 1. The highest BCUT2D eigenvalue weighted by atomic mass is 19.1. The topological polar surface area (TPSA) is 41.5 Å². The van der Waals surface area contributed by atoms with Crippen LogP contribution in [0.3, 0.4) is 0 Å². The third kappa shape index (κ3) is 3.98. The quantitative estimate of drug-likeness (QED) is 0.832. The molecule has 17 heavy (non-hydrogen) atoms. The van der Waals surface area contributed by atoms with Crippen LogP contribution in [-0.4, -0.2) is 24.4 Å². The minimum atomic E-state index is -0.350. The molecule has 1 aromatic rings. The van der Waals surface area contributed by atoms with Crippen LogP contribution in [0, 0.1) is 5.82 Å². The van der Waals surface area contributed by atoms with Crippen molar-refractivity contribution < 1.29 is 14.2 Å². The summed E-state index contributed by atoms with van der Waals surface area (Å²) in [6.45, 7) is 6.40. The number of hydrogen-bond donors (Lipinski definition) is 2. The Morgan fingerprint density at radius 3 is 2.71 bits per heavy atom. The standard InChI is InChI=1S/C13H20FNO2/c1-9(15-8-13(2,3)17-4)11-7-10(14)5-6-12(11)16/h5-7,9,15-16H,8H2,1-4H3. The van der Waals surface area contributed by atoms with Crippen LogP contribution in [0.2, 0.25) is 0 Å². The summed E-state index contributed by atoms with van der Waals surface area (Å²) in [4.78, 5) is 0. The predicted molar refractivity (Wildman–Crippen MR) is 65.6 cm³/mol. The molecular weight excluding hydrogens is 221 g/mol. The van der Waals surface area contributed by atoms with Crippen LogP contribution >= 0.6 is 0 Å². The van der Waals surface area contributed by atoms with Gasteiger partial charge in [-0.05, 0) is 39.0 Å². The zero-order chi connectivity index (χ0) is 13.1. The van der Waals surface area contributed by atoms with Crippen LogP contribution in [0.25, 0.3) is 0 Å². The molecule has 1 unspecified atom stereocenters. The number of aromatic hydroxyl groups is 1. The van der Waals surface area contributed by atoms with Crippen LogP contribution in [0.4, 0.5) is 4.39 Å². The van der Waals surface area contributed by atoms with Gasteiger partial charge in [-0.25, -0.2) is 4.39 Å². The summed E-state index contributed by atoms with van der Waals surface area (Å²) >= 11 is 0. The van der Waals surface area contributed by atoms with Crippen molar-refractivity contribution in [2.45, 2.75) is 32.4 Å². The van der Waals surface area contributed by atoms with E-state index >= 15 is 0 Å². The molecule has 0 bridgehead atoms. The highest BCUT2D eigenvalue weighted by Crippen LogP contribution is 2.25. The van der Waals surface area contributed by atoms with Gasteiger partial charge in [0.15, 0.2) is 0 Å². The lowest BCUT2D eigenvalue weighted by molar-refractivity contribution is 0.0213. The van der Waals surface area contributed by atoms with Crippen molar-refractivity contribution in [2.24, 2.45) is 0 Å². The van der Waals surface area contributed by atoms with E-state index < -0.39 is 0 Å². The second-order valence-electron chi connectivity index (χ2n) is 4.77. The third-order valence-corrected chi connectivity index (χ3v) is 2.84. The molecule has 2 N–H and O–H groups in total. The first kappa shape index (κ1) is 13.9. The summed E-state index contributed by atoms with van der Waals surface area (Å²) in [5.74, 6) is -0.251. The first-order valence-corrected chi connectivity index (χ1v) is 5.62. The van der Waals surface area contributed by atoms with E-state index in [0.717, 1.165) is 0 Å². The fourth-order valence-corrected chi connectivity index (χ4v) is 1.45. The van der Waals surface area contributed by atoms with Crippen LogP contribution < -0.4 is 5.32 Å². The van der Waals surface area contributed by atoms with Crippen LogP contribution in [0.5, 0.6) is 5.75 Å². The SMILES string of the molecule is COC(C)(C)CNC(C)c1cc(F)ccc1O. The fraction of sp³-hybridized carbons (Fsp3) is 0.538. The Morgan fingerprint density at radius 2 is 2.12 bits per heavy atom. The van der Waals surface area contributed by atoms with Gasteiger partial charge in [0.2, 0.25) is 0 Å². The largest absolute Gasteiger partial charge is 0.508 e. The highest BCUT2D eigenvalue weighted by Gasteiger charge is 2.19. The maximum Gasteiger partial charge on any atom is 0.123 e. The summed E-state index contributed by atoms with van der Waals surface area (Å²) in [5, 5.41) is 12.9. The molecule has 1 atom stereocenters. The first-order chi connectivity index (χ1) is 7.85. The molecule has 1 aromatic carbocycles. The van der Waals surface area contributed by atoms with Crippen LogP contribution in [0.1, 0.15) is 32.4 Å². The summed E-state index contributed by atoms with van der Waals surface area (Å²) in [6, 6.07) is 3.81. The Bertz CT molecular complexity index is 380. The van der Waals surface area contributed by atoms with Crippen molar-refractivity contribution in [1.29, 1.82) is 0 Å². The number of ether oxygens (including phenoxy) is 1. The van der Waals surface area contributed by atoms with Crippen molar-refractivity contribution in [2.75, 3.05) is 13.7 Å². The van der Waals surface area contributed by atoms with E-state index in [9.17, 15) is 9.50 Å². The number of nitrogens with one attached hydrogen (secondary N) is 1. The predicted octanol–water partition coefficient (Wildman–Crippen LogP) is 2.61. The lowest BCUT2D eigenvalue weighted by Crippen LogP contribution is -2.37. The van der Waals surface area contributed by atoms with E-state index in [1.165, 1.54) is 18.2 Å². The van der Waals surface area contributed by atoms with Gasteiger partial charge >= 0.3 is 0 Å². The van der Waals surface area contributed by atoms with Gasteiger partial charge < -0.3 is 15.2 Å². The van der Waals surface area contributed by atoms with Crippen molar-refractivity contribution in [3.05, 3.63) is 29.6 Å². The number of phenolic OH excluding ortho intramolecular Hbond substituents is 1. The maximum atomic E-state index is 13.1. The Balaban J connectivity index is 2.70. The highest BCUT2D eigenvalue weighted by molar-refractivity contribution is 5.34. The molecule has 0 saturated carbocycles. The molecule has 0 aliphatic heterocycles. The van der Waals surface area contributed by atoms with Crippen molar-refractivity contribution in [3.8, 4) is 5.75 Å². The van der Waals surface area contributed by atoms with E-state index in [1.54, 1.807) is 7.11 Å². The number of benzene rings is 1. The number of hydrogen-bond acceptors (Lipinski definition) is 3. The molecule has 0 saturated heterocycles. The molecule has 4 heteroatoms. The minimum Gasteiger partial charge on any atom is -0.508 e. The fourth-order valence-electron chi connectivity index (χ4n) is 1.45. The maximum absolute atomic E-state index is 13.1. The molecule has 0 amide bonds. The van der Waals surface area contributed by atoms with Gasteiger partial charge in [-0.3, -0.25) is 0 Å². The van der Waals surface area contributed by atoms with Gasteiger partial charge in [0, 0.05) is 25.3 Å². The van der Waals surface area contributed by atoms with Crippen molar-refractivity contribution >= 4 is 0 Å². The second-order valence-corrected chi connectivity index (χ2v) is 4.77. The molecule has 1 rings (SSSR count). The molecule has 0 heterocycles. The van der Waals surface area contributed by atoms with Crippen LogP contribution in [-0.2, 0) is 4.74 Å². The Hall–Kier alpha value is -1.13. The summed E-state index contributed by atoms with van der Waals surface area (Å²) in [7, 11) is 1.64. The van der Waals surface area contributed by atoms with E-state index in [1.807, 2.05) is 20.8 Å². The molecule has 0 aliphatic carbocycles. The Labute approximate surface area is 102 Å². The van der Waals surface area contributed by atoms with Gasteiger partial charge in [0.05, 0.1) is 5.60 Å². The Morgan fingerprint density at radius 1 is 1.47 bits per heavy atom. The monoisotopic (exact) mass is 241 g/mol. The molecule has 0 aromatic heterocycles. The normalized spacial score (nSPS) is 13.7. The molecule has 0 fully saturated rings. The zero-order valence-electron chi connectivity index (χ0n) is 10.7. The van der Waals surface area contributed by atoms with Crippen LogP contribution in [0.15, 0.2) is 18.2 Å². The van der Waals surface area contributed by atoms with Gasteiger partial charge in [-0.2, -0.15) is 0 Å². The minimum absolute atomic E-state index is 0.0987. The number of methoxy groups -OCH3 is 1. The average molecular weight is 241 g/mol. The molecule has 3 nitrogen and oxygen atoms in total. The van der Waals surface area contributed by atoms with Gasteiger partial charge in [0.25, 0.3) is 0 Å². The van der Waals surface area contributed by atoms with Gasteiger partial charge in [-0.15, -0.1) is 0 Å². The summed E-state index contributed by atoms with van der Waals surface area (Å²) in [6.07, 6.45) is 0. The van der Waals surface area contributed by atoms with Crippen molar-refractivity contribution in [3.63, 3.8) is 0 Å². The molecule has 0 aliphatic rings. The first-order valence-electron chi connectivity index (χ1n) is 5.62. The molecular formula is C13H20FNO2. The lowest BCUT2D eigenvalue weighted by atomic mass is 10.0. The smallest absolute Gasteiger partial charge is 0.123 e. The van der Waals surface area contributed by atoms with E-state index in [0.29, 0.717) is 12.1 Å². The van der Waals surface area contributed by atoms with Gasteiger partial charge in [0.1, 0.15) is 11.6 Å². The van der Waals surface area contributed by atoms with Gasteiger partial charge in [-0.1, -0.05) is 0 Å². The number of rotatable bonds is 5. The molecule has 0 spiro atoms. The zero-order valence-corrected chi connectivity index (χ0v) is 10.7. The summed E-state index contributed by atoms with van der Waals surface area (Å²) < 4.78 is 18.4. The average Bonchev–Trinajstić information content (AvgIpc) is 2.29. The van der Waals surface area contributed by atoms with Crippen molar-refractivity contribution in [1.82, 2.24) is 5.32 Å². The van der Waals surface area contributed by atoms with E-state index in [-0.39, 0.29) is 23.2 Å². The third-order valence-electron chi connectivity index (χ3n) is 2.84.